The monoisotopic (exact) mass is 511 g/mol. The van der Waals surface area contributed by atoms with Crippen LogP contribution < -0.4 is 5.32 Å². The second-order valence-corrected chi connectivity index (χ2v) is 9.45. The van der Waals surface area contributed by atoms with Crippen LogP contribution in [-0.2, 0) is 22.6 Å². The summed E-state index contributed by atoms with van der Waals surface area (Å²) in [5.41, 5.74) is 2.24. The van der Waals surface area contributed by atoms with Crippen molar-refractivity contribution in [3.05, 3.63) is 68.8 Å². The van der Waals surface area contributed by atoms with Gasteiger partial charge in [0.05, 0.1) is 18.1 Å². The van der Waals surface area contributed by atoms with Gasteiger partial charge in [0.15, 0.2) is 10.7 Å². The number of anilines is 1. The summed E-state index contributed by atoms with van der Waals surface area (Å²) in [5.74, 6) is -0.151. The lowest BCUT2D eigenvalue weighted by molar-refractivity contribution is -0.385. The van der Waals surface area contributed by atoms with Gasteiger partial charge in [0, 0.05) is 55.8 Å². The highest BCUT2D eigenvalue weighted by atomic mass is 32.1. The number of esters is 1. The van der Waals surface area contributed by atoms with Crippen LogP contribution >= 0.6 is 11.3 Å². The Bertz CT molecular complexity index is 1200. The fraction of sp³-hybridized carbons (Fsp3) is 0.400. The Morgan fingerprint density at radius 3 is 2.83 bits per heavy atom. The van der Waals surface area contributed by atoms with Gasteiger partial charge in [-0.2, -0.15) is 0 Å². The topological polar surface area (TPSA) is 120 Å². The average Bonchev–Trinajstić information content (AvgIpc) is 3.51. The maximum Gasteiger partial charge on any atom is 0.352 e. The van der Waals surface area contributed by atoms with Crippen LogP contribution in [0.4, 0.5) is 11.5 Å². The Hall–Kier alpha value is -3.41. The molecule has 0 bridgehead atoms. The van der Waals surface area contributed by atoms with Gasteiger partial charge in [-0.1, -0.05) is 12.1 Å². The van der Waals surface area contributed by atoms with Gasteiger partial charge in [0.1, 0.15) is 5.01 Å². The third-order valence-electron chi connectivity index (χ3n) is 6.05. The zero-order chi connectivity index (χ0) is 25.5. The van der Waals surface area contributed by atoms with Crippen molar-refractivity contribution >= 4 is 28.8 Å². The lowest BCUT2D eigenvalue weighted by Gasteiger charge is -2.23. The molecule has 0 radical (unpaired) electrons. The highest BCUT2D eigenvalue weighted by molar-refractivity contribution is 7.17. The summed E-state index contributed by atoms with van der Waals surface area (Å²) in [7, 11) is 1.69. The summed E-state index contributed by atoms with van der Waals surface area (Å²) < 4.78 is 10.5. The summed E-state index contributed by atoms with van der Waals surface area (Å²) >= 11 is 1.21. The van der Waals surface area contributed by atoms with Crippen molar-refractivity contribution in [1.29, 1.82) is 0 Å². The lowest BCUT2D eigenvalue weighted by Crippen LogP contribution is -2.32. The first-order valence-corrected chi connectivity index (χ1v) is 12.6. The highest BCUT2D eigenvalue weighted by Crippen LogP contribution is 2.32. The molecule has 1 atom stereocenters. The molecular formula is C25H29N5O5S. The van der Waals surface area contributed by atoms with Gasteiger partial charge in [0.2, 0.25) is 0 Å². The Morgan fingerprint density at radius 2 is 2.11 bits per heavy atom. The number of nitro groups is 1. The van der Waals surface area contributed by atoms with Gasteiger partial charge in [-0.05, 0) is 44.0 Å². The molecule has 4 rings (SSSR count). The number of hydrogen-bond donors (Lipinski definition) is 1. The molecule has 1 aliphatic rings. The van der Waals surface area contributed by atoms with Crippen LogP contribution in [0.15, 0.2) is 42.7 Å². The van der Waals surface area contributed by atoms with E-state index in [9.17, 15) is 14.9 Å². The SMILES string of the molecule is CCOC(=O)c1sc(-c2ccncc2)nc1NCc1ccc(CN2CCC[C@@H]2COC)cc1[N+](=O)[O-]. The van der Waals surface area contributed by atoms with E-state index in [2.05, 4.69) is 20.2 Å². The molecular weight excluding hydrogens is 482 g/mol. The van der Waals surface area contributed by atoms with E-state index in [0.717, 1.165) is 30.5 Å². The molecule has 1 aromatic carbocycles. The zero-order valence-electron chi connectivity index (χ0n) is 20.3. The minimum Gasteiger partial charge on any atom is -0.462 e. The molecule has 36 heavy (non-hydrogen) atoms. The minimum absolute atomic E-state index is 0.0322. The van der Waals surface area contributed by atoms with Crippen LogP contribution in [0.5, 0.6) is 0 Å². The van der Waals surface area contributed by atoms with Crippen LogP contribution in [-0.4, -0.2) is 58.7 Å². The number of nitrogens with one attached hydrogen (secondary N) is 1. The Morgan fingerprint density at radius 1 is 1.31 bits per heavy atom. The molecule has 3 aromatic rings. The number of likely N-dealkylation sites (tertiary alicyclic amines) is 1. The first-order chi connectivity index (χ1) is 17.5. The summed E-state index contributed by atoms with van der Waals surface area (Å²) in [6.45, 7) is 4.35. The molecule has 190 valence electrons. The van der Waals surface area contributed by atoms with Crippen LogP contribution in [0.3, 0.4) is 0 Å². The molecule has 0 unspecified atom stereocenters. The summed E-state index contributed by atoms with van der Waals surface area (Å²) in [6, 6.07) is 9.26. The second-order valence-electron chi connectivity index (χ2n) is 8.45. The molecule has 0 amide bonds. The molecule has 0 spiro atoms. The van der Waals surface area contributed by atoms with Crippen LogP contribution in [0.25, 0.3) is 10.6 Å². The normalized spacial score (nSPS) is 15.7. The van der Waals surface area contributed by atoms with E-state index in [4.69, 9.17) is 9.47 Å². The number of nitrogens with zero attached hydrogens (tertiary/aromatic N) is 4. The van der Waals surface area contributed by atoms with Gasteiger partial charge < -0.3 is 14.8 Å². The molecule has 1 aliphatic heterocycles. The molecule has 10 nitrogen and oxygen atoms in total. The number of methoxy groups -OCH3 is 1. The van der Waals surface area contributed by atoms with Gasteiger partial charge in [-0.3, -0.25) is 20.0 Å². The first kappa shape index (κ1) is 25.7. The second kappa shape index (κ2) is 12.0. The molecule has 0 saturated carbocycles. The number of carbonyl (C=O) groups is 1. The quantitative estimate of drug-likeness (QED) is 0.225. The predicted molar refractivity (Wildman–Crippen MR) is 137 cm³/mol. The molecule has 0 aliphatic carbocycles. The van der Waals surface area contributed by atoms with Gasteiger partial charge in [-0.15, -0.1) is 11.3 Å². The smallest absolute Gasteiger partial charge is 0.352 e. The number of ether oxygens (including phenoxy) is 2. The van der Waals surface area contributed by atoms with Crippen LogP contribution in [0, 0.1) is 10.1 Å². The number of thiazole rings is 1. The van der Waals surface area contributed by atoms with E-state index in [1.165, 1.54) is 11.3 Å². The van der Waals surface area contributed by atoms with Crippen LogP contribution in [0.1, 0.15) is 40.6 Å². The van der Waals surface area contributed by atoms with Gasteiger partial charge in [-0.25, -0.2) is 9.78 Å². The molecule has 3 heterocycles. The maximum atomic E-state index is 12.6. The summed E-state index contributed by atoms with van der Waals surface area (Å²) in [6.07, 6.45) is 5.46. The number of aromatic nitrogens is 2. The Kier molecular flexibility index (Phi) is 8.57. The van der Waals surface area contributed by atoms with Crippen molar-refractivity contribution in [3.63, 3.8) is 0 Å². The van der Waals surface area contributed by atoms with Crippen molar-refractivity contribution in [3.8, 4) is 10.6 Å². The summed E-state index contributed by atoms with van der Waals surface area (Å²) in [5, 5.41) is 15.6. The Balaban J connectivity index is 1.54. The van der Waals surface area contributed by atoms with E-state index in [1.54, 1.807) is 50.7 Å². The maximum absolute atomic E-state index is 12.6. The largest absolute Gasteiger partial charge is 0.462 e. The van der Waals surface area contributed by atoms with E-state index < -0.39 is 5.97 Å². The first-order valence-electron chi connectivity index (χ1n) is 11.8. The minimum atomic E-state index is -0.487. The Labute approximate surface area is 213 Å². The fourth-order valence-electron chi connectivity index (χ4n) is 4.32. The van der Waals surface area contributed by atoms with E-state index in [-0.39, 0.29) is 23.8 Å². The standard InChI is InChI=1S/C25H29N5O5S/c1-3-35-25(31)22-23(28-24(36-22)18-8-10-26-11-9-18)27-14-19-7-6-17(13-21(19)30(32)33)15-29-12-4-5-20(29)16-34-2/h6-11,13,20,27H,3-5,12,14-16H2,1-2H3/t20-/m1/s1. The van der Waals surface area contributed by atoms with Gasteiger partial charge in [0.25, 0.3) is 5.69 Å². The number of hydrogen-bond acceptors (Lipinski definition) is 10. The third-order valence-corrected chi connectivity index (χ3v) is 7.14. The number of carbonyl (C=O) groups excluding carboxylic acids is 1. The molecule has 2 aromatic heterocycles. The van der Waals surface area contributed by atoms with Crippen LogP contribution in [0.2, 0.25) is 0 Å². The van der Waals surface area contributed by atoms with Crippen molar-refractivity contribution in [2.45, 2.75) is 38.9 Å². The van der Waals surface area contributed by atoms with E-state index in [1.807, 2.05) is 6.07 Å². The van der Waals surface area contributed by atoms with Gasteiger partial charge >= 0.3 is 5.97 Å². The lowest BCUT2D eigenvalue weighted by atomic mass is 10.1. The average molecular weight is 512 g/mol. The van der Waals surface area contributed by atoms with Crippen molar-refractivity contribution in [2.75, 3.05) is 32.2 Å². The van der Waals surface area contributed by atoms with E-state index >= 15 is 0 Å². The van der Waals surface area contributed by atoms with Crippen molar-refractivity contribution in [1.82, 2.24) is 14.9 Å². The van der Waals surface area contributed by atoms with E-state index in [0.29, 0.717) is 40.5 Å². The third kappa shape index (κ3) is 6.04. The van der Waals surface area contributed by atoms with Crippen molar-refractivity contribution in [2.24, 2.45) is 0 Å². The van der Waals surface area contributed by atoms with Crippen molar-refractivity contribution < 1.29 is 19.2 Å². The highest BCUT2D eigenvalue weighted by Gasteiger charge is 2.26. The number of nitro benzene ring substituents is 1. The molecule has 1 fully saturated rings. The zero-order valence-corrected chi connectivity index (χ0v) is 21.1. The molecule has 11 heteroatoms. The molecule has 1 N–H and O–H groups in total. The number of rotatable bonds is 11. The summed E-state index contributed by atoms with van der Waals surface area (Å²) in [4.78, 5) is 35.3. The fourth-order valence-corrected chi connectivity index (χ4v) is 5.26. The molecule has 1 saturated heterocycles. The number of benzene rings is 1. The predicted octanol–water partition coefficient (Wildman–Crippen LogP) is 4.51. The number of pyridine rings is 1.